The van der Waals surface area contributed by atoms with E-state index in [1.54, 1.807) is 19.2 Å². The molecule has 0 atom stereocenters. The Morgan fingerprint density at radius 1 is 1.43 bits per heavy atom. The number of amides is 1. The van der Waals surface area contributed by atoms with Crippen molar-refractivity contribution in [3.63, 3.8) is 0 Å². The van der Waals surface area contributed by atoms with Gasteiger partial charge < -0.3 is 15.2 Å². The molecule has 1 aromatic heterocycles. The van der Waals surface area contributed by atoms with Crippen molar-refractivity contribution in [2.24, 2.45) is 5.10 Å². The van der Waals surface area contributed by atoms with Crippen LogP contribution in [0.2, 0.25) is 0 Å². The molecule has 1 aromatic carbocycles. The number of nitrogens with one attached hydrogen (secondary N) is 1. The number of hydrogen-bond donors (Lipinski definition) is 2. The lowest BCUT2D eigenvalue weighted by atomic mass is 10.2. The number of aromatic nitrogens is 4. The largest absolute Gasteiger partial charge is 0.496 e. The molecule has 0 bridgehead atoms. The van der Waals surface area contributed by atoms with Gasteiger partial charge in [-0.3, -0.25) is 4.79 Å². The molecule has 11 heteroatoms. The molecule has 0 unspecified atom stereocenters. The van der Waals surface area contributed by atoms with Gasteiger partial charge in [0.1, 0.15) is 18.0 Å². The van der Waals surface area contributed by atoms with E-state index >= 15 is 0 Å². The average Bonchev–Trinajstić information content (AvgIpc) is 2.92. The van der Waals surface area contributed by atoms with Crippen molar-refractivity contribution in [2.45, 2.75) is 6.54 Å². The smallest absolute Gasteiger partial charge is 0.263 e. The van der Waals surface area contributed by atoms with Gasteiger partial charge in [0.15, 0.2) is 0 Å². The number of anilines is 1. The molecule has 2 aromatic rings. The van der Waals surface area contributed by atoms with E-state index in [0.717, 1.165) is 9.27 Å². The standard InChI is InChI=1S/C12H14BrN7O3/c1-22-9-4-10(23-2)8(13)3-7(9)5-15-16-11(21)6-20-18-12(14)17-19-20/h3-5H,6H2,1-2H3,(H2,14,18)(H,16,21). The Kier molecular flexibility index (Phi) is 5.46. The molecule has 3 N–H and O–H groups in total. The van der Waals surface area contributed by atoms with Crippen molar-refractivity contribution in [3.8, 4) is 11.5 Å². The monoisotopic (exact) mass is 383 g/mol. The van der Waals surface area contributed by atoms with E-state index in [1.807, 2.05) is 0 Å². The molecule has 0 aliphatic carbocycles. The number of halogens is 1. The summed E-state index contributed by atoms with van der Waals surface area (Å²) in [5.74, 6) is 0.742. The number of rotatable bonds is 6. The number of nitrogen functional groups attached to an aromatic ring is 1. The molecule has 1 heterocycles. The lowest BCUT2D eigenvalue weighted by molar-refractivity contribution is -0.122. The van der Waals surface area contributed by atoms with E-state index in [0.29, 0.717) is 17.1 Å². The van der Waals surface area contributed by atoms with Crippen LogP contribution in [0.15, 0.2) is 21.7 Å². The summed E-state index contributed by atoms with van der Waals surface area (Å²) in [6.07, 6.45) is 1.45. The Morgan fingerprint density at radius 2 is 2.17 bits per heavy atom. The molecule has 0 radical (unpaired) electrons. The number of ether oxygens (including phenoxy) is 2. The first-order valence-electron chi connectivity index (χ1n) is 6.30. The van der Waals surface area contributed by atoms with Crippen molar-refractivity contribution in [1.29, 1.82) is 0 Å². The summed E-state index contributed by atoms with van der Waals surface area (Å²) in [7, 11) is 3.08. The zero-order chi connectivity index (χ0) is 16.8. The number of nitrogens with two attached hydrogens (primary N) is 1. The minimum atomic E-state index is -0.426. The SMILES string of the molecule is COc1cc(OC)c(C=NNC(=O)Cn2nnc(N)n2)cc1Br. The zero-order valence-electron chi connectivity index (χ0n) is 12.4. The van der Waals surface area contributed by atoms with Gasteiger partial charge in [0.05, 0.1) is 24.9 Å². The topological polar surface area (TPSA) is 130 Å². The number of benzene rings is 1. The summed E-state index contributed by atoms with van der Waals surface area (Å²) in [6, 6.07) is 3.46. The Labute approximate surface area is 139 Å². The van der Waals surface area contributed by atoms with Gasteiger partial charge in [0, 0.05) is 11.6 Å². The number of hydrazone groups is 1. The fourth-order valence-corrected chi connectivity index (χ4v) is 2.17. The maximum atomic E-state index is 11.7. The molecule has 23 heavy (non-hydrogen) atoms. The maximum Gasteiger partial charge on any atom is 0.263 e. The molecule has 0 spiro atoms. The van der Waals surface area contributed by atoms with Gasteiger partial charge in [-0.15, -0.1) is 5.10 Å². The van der Waals surface area contributed by atoms with Crippen molar-refractivity contribution in [3.05, 3.63) is 22.2 Å². The van der Waals surface area contributed by atoms with Gasteiger partial charge in [0.25, 0.3) is 11.9 Å². The van der Waals surface area contributed by atoms with Crippen LogP contribution in [-0.2, 0) is 11.3 Å². The van der Waals surface area contributed by atoms with Gasteiger partial charge in [-0.25, -0.2) is 5.43 Å². The molecule has 0 fully saturated rings. The van der Waals surface area contributed by atoms with E-state index in [2.05, 4.69) is 41.9 Å². The average molecular weight is 384 g/mol. The number of tetrazole rings is 1. The normalized spacial score (nSPS) is 10.7. The highest BCUT2D eigenvalue weighted by Crippen LogP contribution is 2.31. The predicted octanol–water partition coefficient (Wildman–Crippen LogP) is 0.185. The molecule has 2 rings (SSSR count). The minimum absolute atomic E-state index is 0.00544. The first-order chi connectivity index (χ1) is 11.0. The summed E-state index contributed by atoms with van der Waals surface area (Å²) < 4.78 is 11.2. The summed E-state index contributed by atoms with van der Waals surface area (Å²) in [4.78, 5) is 12.7. The fraction of sp³-hybridized carbons (Fsp3) is 0.250. The van der Waals surface area contributed by atoms with Gasteiger partial charge in [0.2, 0.25) is 0 Å². The van der Waals surface area contributed by atoms with Crippen molar-refractivity contribution < 1.29 is 14.3 Å². The van der Waals surface area contributed by atoms with Crippen LogP contribution in [0.3, 0.4) is 0 Å². The van der Waals surface area contributed by atoms with Crippen LogP contribution in [0.5, 0.6) is 11.5 Å². The number of carbonyl (C=O) groups is 1. The molecule has 122 valence electrons. The molecule has 0 aliphatic heterocycles. The number of hydrogen-bond acceptors (Lipinski definition) is 8. The summed E-state index contributed by atoms with van der Waals surface area (Å²) in [5.41, 5.74) is 8.31. The molecule has 1 amide bonds. The highest BCUT2D eigenvalue weighted by atomic mass is 79.9. The second kappa shape index (κ2) is 7.54. The number of nitrogens with zero attached hydrogens (tertiary/aromatic N) is 5. The van der Waals surface area contributed by atoms with Crippen molar-refractivity contribution in [2.75, 3.05) is 20.0 Å². The Morgan fingerprint density at radius 3 is 2.78 bits per heavy atom. The van der Waals surface area contributed by atoms with E-state index in [4.69, 9.17) is 15.2 Å². The molecule has 0 saturated heterocycles. The van der Waals surface area contributed by atoms with Gasteiger partial charge >= 0.3 is 0 Å². The van der Waals surface area contributed by atoms with Crippen molar-refractivity contribution in [1.82, 2.24) is 25.6 Å². The molecular formula is C12H14BrN7O3. The van der Waals surface area contributed by atoms with Crippen LogP contribution in [0.1, 0.15) is 5.56 Å². The third-order valence-corrected chi connectivity index (χ3v) is 3.27. The minimum Gasteiger partial charge on any atom is -0.496 e. The molecule has 10 nitrogen and oxygen atoms in total. The van der Waals surface area contributed by atoms with Crippen LogP contribution in [0.4, 0.5) is 5.95 Å². The Hall–Kier alpha value is -2.69. The third kappa shape index (κ3) is 4.39. The van der Waals surface area contributed by atoms with Crippen LogP contribution in [-0.4, -0.2) is 46.5 Å². The Balaban J connectivity index is 2.02. The molecule has 0 aliphatic rings. The zero-order valence-corrected chi connectivity index (χ0v) is 13.9. The second-order valence-corrected chi connectivity index (χ2v) is 5.05. The lowest BCUT2D eigenvalue weighted by Crippen LogP contribution is -2.24. The van der Waals surface area contributed by atoms with Crippen LogP contribution < -0.4 is 20.6 Å². The highest BCUT2D eigenvalue weighted by molar-refractivity contribution is 9.10. The highest BCUT2D eigenvalue weighted by Gasteiger charge is 2.09. The van der Waals surface area contributed by atoms with E-state index in [-0.39, 0.29) is 12.5 Å². The van der Waals surface area contributed by atoms with Gasteiger partial charge in [-0.05, 0) is 27.2 Å². The maximum absolute atomic E-state index is 11.7. The van der Waals surface area contributed by atoms with E-state index < -0.39 is 5.91 Å². The predicted molar refractivity (Wildman–Crippen MR) is 85.2 cm³/mol. The number of methoxy groups -OCH3 is 2. The molecular weight excluding hydrogens is 370 g/mol. The fourth-order valence-electron chi connectivity index (χ4n) is 1.64. The van der Waals surface area contributed by atoms with Crippen LogP contribution >= 0.6 is 15.9 Å². The van der Waals surface area contributed by atoms with E-state index in [1.165, 1.54) is 13.3 Å². The van der Waals surface area contributed by atoms with Crippen molar-refractivity contribution >= 4 is 34.0 Å². The Bertz CT molecular complexity index is 731. The summed E-state index contributed by atoms with van der Waals surface area (Å²) >= 11 is 3.37. The quantitative estimate of drug-likeness (QED) is 0.537. The van der Waals surface area contributed by atoms with Gasteiger partial charge in [-0.2, -0.15) is 9.90 Å². The third-order valence-electron chi connectivity index (χ3n) is 2.65. The first-order valence-corrected chi connectivity index (χ1v) is 7.09. The first kappa shape index (κ1) is 16.7. The molecule has 0 saturated carbocycles. The summed E-state index contributed by atoms with van der Waals surface area (Å²) in [5, 5.41) is 14.6. The van der Waals surface area contributed by atoms with Gasteiger partial charge in [-0.1, -0.05) is 5.10 Å². The lowest BCUT2D eigenvalue weighted by Gasteiger charge is -2.09. The van der Waals surface area contributed by atoms with E-state index in [9.17, 15) is 4.79 Å². The second-order valence-electron chi connectivity index (χ2n) is 4.20. The number of carbonyl (C=O) groups excluding carboxylic acids is 1. The van der Waals surface area contributed by atoms with Crippen LogP contribution in [0.25, 0.3) is 0 Å². The van der Waals surface area contributed by atoms with Crippen LogP contribution in [0, 0.1) is 0 Å². The summed E-state index contributed by atoms with van der Waals surface area (Å²) in [6.45, 7) is -0.148.